The van der Waals surface area contributed by atoms with Gasteiger partial charge in [0.25, 0.3) is 0 Å². The van der Waals surface area contributed by atoms with Gasteiger partial charge in [-0.05, 0) is 43.5 Å². The molecule has 0 spiro atoms. The topological polar surface area (TPSA) is 12.0 Å². The SMILES string of the molecule is CCNC(c1cc(C)cc(C)c1)C1Cc2ccccc21. The molecule has 0 aliphatic heterocycles. The van der Waals surface area contributed by atoms with Gasteiger partial charge in [0.2, 0.25) is 0 Å². The quantitative estimate of drug-likeness (QED) is 0.869. The highest BCUT2D eigenvalue weighted by Gasteiger charge is 2.33. The van der Waals surface area contributed by atoms with Gasteiger partial charge in [0.05, 0.1) is 0 Å². The molecule has 1 heteroatoms. The Kier molecular flexibility index (Phi) is 3.62. The van der Waals surface area contributed by atoms with Crippen LogP contribution in [0.15, 0.2) is 42.5 Å². The number of aryl methyl sites for hydroxylation is 2. The van der Waals surface area contributed by atoms with Crippen LogP contribution in [-0.4, -0.2) is 6.54 Å². The van der Waals surface area contributed by atoms with Crippen LogP contribution in [0.5, 0.6) is 0 Å². The number of hydrogen-bond donors (Lipinski definition) is 1. The number of hydrogen-bond acceptors (Lipinski definition) is 1. The Morgan fingerprint density at radius 1 is 1.10 bits per heavy atom. The van der Waals surface area contributed by atoms with Gasteiger partial charge in [-0.15, -0.1) is 0 Å². The fourth-order valence-electron chi connectivity index (χ4n) is 3.50. The van der Waals surface area contributed by atoms with Crippen LogP contribution >= 0.6 is 0 Å². The summed E-state index contributed by atoms with van der Waals surface area (Å²) in [6.45, 7) is 7.58. The first kappa shape index (κ1) is 13.4. The molecule has 2 aromatic carbocycles. The predicted molar refractivity (Wildman–Crippen MR) is 85.2 cm³/mol. The molecule has 0 radical (unpaired) electrons. The van der Waals surface area contributed by atoms with Crippen LogP contribution in [0, 0.1) is 13.8 Å². The van der Waals surface area contributed by atoms with Crippen molar-refractivity contribution < 1.29 is 0 Å². The lowest BCUT2D eigenvalue weighted by molar-refractivity contribution is 0.419. The van der Waals surface area contributed by atoms with E-state index in [-0.39, 0.29) is 0 Å². The summed E-state index contributed by atoms with van der Waals surface area (Å²) < 4.78 is 0. The van der Waals surface area contributed by atoms with E-state index in [0.29, 0.717) is 12.0 Å². The minimum absolute atomic E-state index is 0.438. The molecule has 0 fully saturated rings. The van der Waals surface area contributed by atoms with Gasteiger partial charge in [-0.1, -0.05) is 60.5 Å². The van der Waals surface area contributed by atoms with Crippen molar-refractivity contribution in [3.63, 3.8) is 0 Å². The van der Waals surface area contributed by atoms with E-state index in [4.69, 9.17) is 0 Å². The Bertz CT molecular complexity index is 595. The van der Waals surface area contributed by atoms with Crippen molar-refractivity contribution in [2.24, 2.45) is 0 Å². The van der Waals surface area contributed by atoms with E-state index in [1.807, 2.05) is 0 Å². The van der Waals surface area contributed by atoms with E-state index >= 15 is 0 Å². The molecular weight excluding hydrogens is 242 g/mol. The lowest BCUT2D eigenvalue weighted by Crippen LogP contribution is -2.33. The molecule has 20 heavy (non-hydrogen) atoms. The van der Waals surface area contributed by atoms with Crippen molar-refractivity contribution in [2.75, 3.05) is 6.54 Å². The van der Waals surface area contributed by atoms with Crippen molar-refractivity contribution >= 4 is 0 Å². The minimum atomic E-state index is 0.438. The first-order chi connectivity index (χ1) is 9.69. The van der Waals surface area contributed by atoms with Crippen LogP contribution < -0.4 is 5.32 Å². The summed E-state index contributed by atoms with van der Waals surface area (Å²) in [4.78, 5) is 0. The summed E-state index contributed by atoms with van der Waals surface area (Å²) in [7, 11) is 0. The van der Waals surface area contributed by atoms with Gasteiger partial charge in [-0.2, -0.15) is 0 Å². The highest BCUT2D eigenvalue weighted by atomic mass is 14.9. The maximum atomic E-state index is 3.70. The molecule has 2 atom stereocenters. The summed E-state index contributed by atoms with van der Waals surface area (Å²) in [5.41, 5.74) is 7.19. The fraction of sp³-hybridized carbons (Fsp3) is 0.368. The Balaban J connectivity index is 1.94. The fourth-order valence-corrected chi connectivity index (χ4v) is 3.50. The third-order valence-electron chi connectivity index (χ3n) is 4.32. The number of fused-ring (bicyclic) bond motifs is 1. The third kappa shape index (κ3) is 2.38. The summed E-state index contributed by atoms with van der Waals surface area (Å²) in [5.74, 6) is 0.618. The van der Waals surface area contributed by atoms with Gasteiger partial charge in [0, 0.05) is 12.0 Å². The summed E-state index contributed by atoms with van der Waals surface area (Å²) in [6.07, 6.45) is 1.20. The minimum Gasteiger partial charge on any atom is -0.310 e. The van der Waals surface area contributed by atoms with Crippen LogP contribution in [0.4, 0.5) is 0 Å². The molecule has 3 rings (SSSR count). The normalized spacial score (nSPS) is 18.2. The Morgan fingerprint density at radius 3 is 2.45 bits per heavy atom. The van der Waals surface area contributed by atoms with Gasteiger partial charge < -0.3 is 5.32 Å². The molecule has 0 amide bonds. The first-order valence-corrected chi connectivity index (χ1v) is 7.58. The van der Waals surface area contributed by atoms with Crippen LogP contribution in [-0.2, 0) is 6.42 Å². The van der Waals surface area contributed by atoms with Crippen molar-refractivity contribution in [3.05, 3.63) is 70.3 Å². The van der Waals surface area contributed by atoms with E-state index in [1.54, 1.807) is 0 Å². The van der Waals surface area contributed by atoms with E-state index in [0.717, 1.165) is 6.54 Å². The largest absolute Gasteiger partial charge is 0.310 e. The first-order valence-electron chi connectivity index (χ1n) is 7.58. The Labute approximate surface area is 122 Å². The zero-order valence-electron chi connectivity index (χ0n) is 12.6. The predicted octanol–water partition coefficient (Wildman–Crippen LogP) is 4.29. The lowest BCUT2D eigenvalue weighted by atomic mass is 9.71. The van der Waals surface area contributed by atoms with Gasteiger partial charge in [0.1, 0.15) is 0 Å². The lowest BCUT2D eigenvalue weighted by Gasteiger charge is -2.37. The molecule has 0 saturated heterocycles. The monoisotopic (exact) mass is 265 g/mol. The van der Waals surface area contributed by atoms with Crippen LogP contribution in [0.3, 0.4) is 0 Å². The van der Waals surface area contributed by atoms with Crippen LogP contribution in [0.1, 0.15) is 46.7 Å². The zero-order valence-corrected chi connectivity index (χ0v) is 12.6. The molecule has 0 bridgehead atoms. The standard InChI is InChI=1S/C19H23N/c1-4-20-19(16-10-13(2)9-14(3)11-16)18-12-15-7-5-6-8-17(15)18/h5-11,18-20H,4,12H2,1-3H3. The Morgan fingerprint density at radius 2 is 1.80 bits per heavy atom. The van der Waals surface area contributed by atoms with E-state index in [1.165, 1.54) is 34.2 Å². The van der Waals surface area contributed by atoms with Gasteiger partial charge >= 0.3 is 0 Å². The number of likely N-dealkylation sites (N-methyl/N-ethyl adjacent to an activating group) is 1. The van der Waals surface area contributed by atoms with Crippen molar-refractivity contribution in [3.8, 4) is 0 Å². The third-order valence-corrected chi connectivity index (χ3v) is 4.32. The maximum absolute atomic E-state index is 3.70. The van der Waals surface area contributed by atoms with Crippen molar-refractivity contribution in [1.82, 2.24) is 5.32 Å². The number of rotatable bonds is 4. The van der Waals surface area contributed by atoms with Crippen molar-refractivity contribution in [2.45, 2.75) is 39.2 Å². The maximum Gasteiger partial charge on any atom is 0.0392 e. The van der Waals surface area contributed by atoms with Gasteiger partial charge in [-0.25, -0.2) is 0 Å². The summed E-state index contributed by atoms with van der Waals surface area (Å²) in [6, 6.07) is 16.2. The molecule has 2 aromatic rings. The van der Waals surface area contributed by atoms with E-state index in [2.05, 4.69) is 68.6 Å². The van der Waals surface area contributed by atoms with E-state index < -0.39 is 0 Å². The van der Waals surface area contributed by atoms with Gasteiger partial charge in [0.15, 0.2) is 0 Å². The molecule has 0 aromatic heterocycles. The summed E-state index contributed by atoms with van der Waals surface area (Å²) in [5, 5.41) is 3.70. The molecule has 1 aliphatic carbocycles. The van der Waals surface area contributed by atoms with Crippen LogP contribution in [0.25, 0.3) is 0 Å². The van der Waals surface area contributed by atoms with Crippen LogP contribution in [0.2, 0.25) is 0 Å². The molecule has 104 valence electrons. The van der Waals surface area contributed by atoms with Gasteiger partial charge in [-0.3, -0.25) is 0 Å². The molecule has 2 unspecified atom stereocenters. The second-order valence-electron chi connectivity index (χ2n) is 5.97. The van der Waals surface area contributed by atoms with E-state index in [9.17, 15) is 0 Å². The molecule has 1 aliphatic rings. The Hall–Kier alpha value is -1.60. The summed E-state index contributed by atoms with van der Waals surface area (Å²) >= 11 is 0. The zero-order chi connectivity index (χ0) is 14.1. The highest BCUT2D eigenvalue weighted by Crippen LogP contribution is 2.43. The molecule has 1 nitrogen and oxygen atoms in total. The van der Waals surface area contributed by atoms with Crippen molar-refractivity contribution in [1.29, 1.82) is 0 Å². The highest BCUT2D eigenvalue weighted by molar-refractivity contribution is 5.44. The molecular formula is C19H23N. The molecule has 1 N–H and O–H groups in total. The number of benzene rings is 2. The molecule has 0 saturated carbocycles. The second-order valence-corrected chi connectivity index (χ2v) is 5.97. The smallest absolute Gasteiger partial charge is 0.0392 e. The number of nitrogens with one attached hydrogen (secondary N) is 1. The average Bonchev–Trinajstić information content (AvgIpc) is 2.38. The average molecular weight is 265 g/mol. The second kappa shape index (κ2) is 5.41. The molecule has 0 heterocycles.